The van der Waals surface area contributed by atoms with E-state index in [0.717, 1.165) is 0 Å². The Balaban J connectivity index is 2.62. The van der Waals surface area contributed by atoms with E-state index >= 15 is 0 Å². The van der Waals surface area contributed by atoms with E-state index in [1.54, 1.807) is 31.2 Å². The highest BCUT2D eigenvalue weighted by molar-refractivity contribution is 5.92. The third-order valence-electron chi connectivity index (χ3n) is 2.25. The van der Waals surface area contributed by atoms with E-state index in [4.69, 9.17) is 10.5 Å². The van der Waals surface area contributed by atoms with Crippen molar-refractivity contribution in [2.24, 2.45) is 11.7 Å². The van der Waals surface area contributed by atoms with Gasteiger partial charge in [-0.05, 0) is 12.1 Å². The molecule has 1 atom stereocenters. The summed E-state index contributed by atoms with van der Waals surface area (Å²) in [6, 6.07) is 6.83. The minimum absolute atomic E-state index is 0.0105. The van der Waals surface area contributed by atoms with E-state index in [0.29, 0.717) is 18.0 Å². The van der Waals surface area contributed by atoms with E-state index in [9.17, 15) is 9.18 Å². The van der Waals surface area contributed by atoms with Crippen LogP contribution in [-0.4, -0.2) is 25.7 Å². The molecule has 0 saturated heterocycles. The topological polar surface area (TPSA) is 64.4 Å². The Hall–Kier alpha value is -1.62. The Labute approximate surface area is 100.0 Å². The molecule has 0 aliphatic heterocycles. The fourth-order valence-corrected chi connectivity index (χ4v) is 1.19. The van der Waals surface area contributed by atoms with Crippen molar-refractivity contribution < 1.29 is 13.9 Å². The predicted octanol–water partition coefficient (Wildman–Crippen LogP) is 1.57. The molecule has 3 N–H and O–H groups in total. The molecule has 0 fully saturated rings. The standard InChI is InChI=1S/C12H17FN2O2/c1-9(8-14)12(16)15-10-3-2-4-11(7-10)17-6-5-13/h2-4,7,9H,5-6,8,14H2,1H3,(H,15,16). The summed E-state index contributed by atoms with van der Waals surface area (Å²) < 4.78 is 17.0. The fraction of sp³-hybridized carbons (Fsp3) is 0.417. The van der Waals surface area contributed by atoms with Crippen LogP contribution in [0.1, 0.15) is 6.92 Å². The van der Waals surface area contributed by atoms with Crippen molar-refractivity contribution in [1.82, 2.24) is 0 Å². The summed E-state index contributed by atoms with van der Waals surface area (Å²) in [4.78, 5) is 11.6. The minimum atomic E-state index is -0.541. The van der Waals surface area contributed by atoms with Crippen molar-refractivity contribution in [3.8, 4) is 5.75 Å². The smallest absolute Gasteiger partial charge is 0.228 e. The first kappa shape index (κ1) is 13.4. The lowest BCUT2D eigenvalue weighted by Gasteiger charge is -2.11. The first-order valence-corrected chi connectivity index (χ1v) is 5.47. The molecule has 17 heavy (non-hydrogen) atoms. The molecule has 1 amide bonds. The molecule has 0 aliphatic carbocycles. The van der Waals surface area contributed by atoms with Gasteiger partial charge in [0.05, 0.1) is 0 Å². The van der Waals surface area contributed by atoms with Gasteiger partial charge in [-0.1, -0.05) is 13.0 Å². The first-order chi connectivity index (χ1) is 8.17. The van der Waals surface area contributed by atoms with Gasteiger partial charge in [0.25, 0.3) is 0 Å². The van der Waals surface area contributed by atoms with E-state index in [-0.39, 0.29) is 18.4 Å². The van der Waals surface area contributed by atoms with Crippen LogP contribution in [0.25, 0.3) is 0 Å². The van der Waals surface area contributed by atoms with Crippen LogP contribution in [-0.2, 0) is 4.79 Å². The van der Waals surface area contributed by atoms with Gasteiger partial charge in [0.2, 0.25) is 5.91 Å². The number of nitrogens with one attached hydrogen (secondary N) is 1. The number of amides is 1. The van der Waals surface area contributed by atoms with E-state index in [1.807, 2.05) is 0 Å². The Bertz CT molecular complexity index is 371. The fourth-order valence-electron chi connectivity index (χ4n) is 1.19. The number of carbonyl (C=O) groups is 1. The average molecular weight is 240 g/mol. The molecule has 94 valence electrons. The van der Waals surface area contributed by atoms with Crippen molar-refractivity contribution in [3.63, 3.8) is 0 Å². The number of anilines is 1. The summed E-state index contributed by atoms with van der Waals surface area (Å²) in [6.45, 7) is 1.51. The van der Waals surface area contributed by atoms with Crippen LogP contribution in [0.3, 0.4) is 0 Å². The SMILES string of the molecule is CC(CN)C(=O)Nc1cccc(OCCF)c1. The van der Waals surface area contributed by atoms with Gasteiger partial charge < -0.3 is 15.8 Å². The van der Waals surface area contributed by atoms with Crippen LogP contribution >= 0.6 is 0 Å². The number of benzene rings is 1. The molecule has 0 saturated carbocycles. The zero-order chi connectivity index (χ0) is 12.7. The highest BCUT2D eigenvalue weighted by atomic mass is 19.1. The molecule has 0 heterocycles. The zero-order valence-corrected chi connectivity index (χ0v) is 9.78. The highest BCUT2D eigenvalue weighted by Gasteiger charge is 2.10. The third-order valence-corrected chi connectivity index (χ3v) is 2.25. The van der Waals surface area contributed by atoms with Gasteiger partial charge in [-0.25, -0.2) is 4.39 Å². The lowest BCUT2D eigenvalue weighted by molar-refractivity contribution is -0.119. The Kier molecular flexibility index (Phi) is 5.42. The second-order valence-corrected chi connectivity index (χ2v) is 3.69. The zero-order valence-electron chi connectivity index (χ0n) is 9.78. The first-order valence-electron chi connectivity index (χ1n) is 5.47. The Morgan fingerprint density at radius 1 is 1.59 bits per heavy atom. The van der Waals surface area contributed by atoms with E-state index in [1.165, 1.54) is 0 Å². The third kappa shape index (κ3) is 4.40. The van der Waals surface area contributed by atoms with Crippen molar-refractivity contribution in [1.29, 1.82) is 0 Å². The van der Waals surface area contributed by atoms with Gasteiger partial charge in [0.1, 0.15) is 19.0 Å². The van der Waals surface area contributed by atoms with Crippen LogP contribution in [0.5, 0.6) is 5.75 Å². The van der Waals surface area contributed by atoms with Crippen LogP contribution in [0.2, 0.25) is 0 Å². The van der Waals surface area contributed by atoms with Gasteiger partial charge >= 0.3 is 0 Å². The van der Waals surface area contributed by atoms with Crippen molar-refractivity contribution in [2.45, 2.75) is 6.92 Å². The van der Waals surface area contributed by atoms with Crippen LogP contribution in [0, 0.1) is 5.92 Å². The molecule has 5 heteroatoms. The number of alkyl halides is 1. The molecule has 1 aromatic carbocycles. The number of halogens is 1. The molecule has 1 unspecified atom stereocenters. The second kappa shape index (κ2) is 6.85. The van der Waals surface area contributed by atoms with Crippen molar-refractivity contribution >= 4 is 11.6 Å². The number of ether oxygens (including phenoxy) is 1. The average Bonchev–Trinajstić information content (AvgIpc) is 2.35. The summed E-state index contributed by atoms with van der Waals surface area (Å²) in [5.41, 5.74) is 6.01. The predicted molar refractivity (Wildman–Crippen MR) is 64.8 cm³/mol. The number of hydrogen-bond acceptors (Lipinski definition) is 3. The van der Waals surface area contributed by atoms with Gasteiger partial charge in [0.15, 0.2) is 0 Å². The summed E-state index contributed by atoms with van der Waals surface area (Å²) in [5.74, 6) is 0.140. The lowest BCUT2D eigenvalue weighted by atomic mass is 10.1. The van der Waals surface area contributed by atoms with E-state index < -0.39 is 6.67 Å². The number of nitrogens with two attached hydrogens (primary N) is 1. The molecule has 0 radical (unpaired) electrons. The number of hydrogen-bond donors (Lipinski definition) is 2. The lowest BCUT2D eigenvalue weighted by Crippen LogP contribution is -2.26. The maximum atomic E-state index is 11.9. The quantitative estimate of drug-likeness (QED) is 0.793. The molecule has 0 bridgehead atoms. The van der Waals surface area contributed by atoms with Crippen LogP contribution < -0.4 is 15.8 Å². The summed E-state index contributed by atoms with van der Waals surface area (Å²) in [5, 5.41) is 2.72. The maximum Gasteiger partial charge on any atom is 0.228 e. The van der Waals surface area contributed by atoms with Gasteiger partial charge in [-0.15, -0.1) is 0 Å². The Morgan fingerprint density at radius 3 is 3.00 bits per heavy atom. The summed E-state index contributed by atoms with van der Waals surface area (Å²) in [6.07, 6.45) is 0. The van der Waals surface area contributed by atoms with E-state index in [2.05, 4.69) is 5.32 Å². The summed E-state index contributed by atoms with van der Waals surface area (Å²) in [7, 11) is 0. The monoisotopic (exact) mass is 240 g/mol. The molecule has 1 aromatic rings. The number of carbonyl (C=O) groups excluding carboxylic acids is 1. The largest absolute Gasteiger partial charge is 0.491 e. The second-order valence-electron chi connectivity index (χ2n) is 3.69. The molecule has 1 rings (SSSR count). The van der Waals surface area contributed by atoms with Crippen LogP contribution in [0.4, 0.5) is 10.1 Å². The normalized spacial score (nSPS) is 11.9. The molecule has 4 nitrogen and oxygen atoms in total. The van der Waals surface area contributed by atoms with Crippen LogP contribution in [0.15, 0.2) is 24.3 Å². The molecular weight excluding hydrogens is 223 g/mol. The van der Waals surface area contributed by atoms with Crippen molar-refractivity contribution in [3.05, 3.63) is 24.3 Å². The summed E-state index contributed by atoms with van der Waals surface area (Å²) >= 11 is 0. The molecule has 0 aliphatic rings. The van der Waals surface area contributed by atoms with Gasteiger partial charge in [0, 0.05) is 24.2 Å². The number of rotatable bonds is 6. The highest BCUT2D eigenvalue weighted by Crippen LogP contribution is 2.17. The molecule has 0 aromatic heterocycles. The van der Waals surface area contributed by atoms with Gasteiger partial charge in [-0.2, -0.15) is 0 Å². The minimum Gasteiger partial charge on any atom is -0.491 e. The molecule has 0 spiro atoms. The molecular formula is C12H17FN2O2. The maximum absolute atomic E-state index is 11.9. The van der Waals surface area contributed by atoms with Gasteiger partial charge in [-0.3, -0.25) is 4.79 Å². The Morgan fingerprint density at radius 2 is 2.35 bits per heavy atom. The van der Waals surface area contributed by atoms with Crippen molar-refractivity contribution in [2.75, 3.05) is 25.1 Å².